The Morgan fingerprint density at radius 1 is 1.44 bits per heavy atom. The fraction of sp³-hybridized carbons (Fsp3) is 0.778. The number of esters is 1. The van der Waals surface area contributed by atoms with Crippen LogP contribution in [0.4, 0.5) is 13.2 Å². The van der Waals surface area contributed by atoms with Crippen LogP contribution in [0.15, 0.2) is 0 Å². The Kier molecular flexibility index (Phi) is 7.53. The number of carbonyl (C=O) groups is 2. The van der Waals surface area contributed by atoms with Crippen LogP contribution in [0.25, 0.3) is 0 Å². The third kappa shape index (κ3) is 7.70. The zero-order chi connectivity index (χ0) is 14.3. The molecule has 1 N–H and O–H groups in total. The summed E-state index contributed by atoms with van der Waals surface area (Å²) in [6, 6.07) is 0. The van der Waals surface area contributed by atoms with E-state index in [2.05, 4.69) is 17.4 Å². The lowest BCUT2D eigenvalue weighted by Gasteiger charge is -2.16. The van der Waals surface area contributed by atoms with E-state index in [0.29, 0.717) is 11.8 Å². The molecule has 106 valence electrons. The van der Waals surface area contributed by atoms with Crippen molar-refractivity contribution in [1.82, 2.24) is 0 Å². The normalized spacial score (nSPS) is 14.9. The quantitative estimate of drug-likeness (QED) is 0.555. The van der Waals surface area contributed by atoms with E-state index in [1.165, 1.54) is 6.92 Å². The lowest BCUT2D eigenvalue weighted by molar-refractivity contribution is -0.164. The number of thioether (sulfide) groups is 1. The van der Waals surface area contributed by atoms with Gasteiger partial charge in [-0.3, -0.25) is 4.79 Å². The standard InChI is InChI=1S/C9H13F3O4S2/c1-5(2-17)8(15)16-6(7(13)14)3-18-4-9(10,11)12/h5-6,17H,2-4H2,1H3,(H,13,14)/t5-,6?/m0/s1. The predicted octanol–water partition coefficient (Wildman–Crippen LogP) is 1.84. The summed E-state index contributed by atoms with van der Waals surface area (Å²) < 4.78 is 40.2. The SMILES string of the molecule is C[C@@H](CS)C(=O)OC(CSCC(F)(F)F)C(=O)O. The van der Waals surface area contributed by atoms with Gasteiger partial charge in [0.25, 0.3) is 0 Å². The molecule has 0 amide bonds. The molecular weight excluding hydrogens is 293 g/mol. The fourth-order valence-electron chi connectivity index (χ4n) is 0.768. The van der Waals surface area contributed by atoms with E-state index in [-0.39, 0.29) is 5.75 Å². The number of ether oxygens (including phenoxy) is 1. The molecule has 18 heavy (non-hydrogen) atoms. The molecule has 0 aromatic rings. The third-order valence-corrected chi connectivity index (χ3v) is 3.36. The van der Waals surface area contributed by atoms with Crippen LogP contribution in [0.3, 0.4) is 0 Å². The smallest absolute Gasteiger partial charge is 0.397 e. The van der Waals surface area contributed by atoms with Gasteiger partial charge in [-0.25, -0.2) is 4.79 Å². The van der Waals surface area contributed by atoms with E-state index >= 15 is 0 Å². The van der Waals surface area contributed by atoms with E-state index < -0.39 is 41.6 Å². The Morgan fingerprint density at radius 2 is 2.00 bits per heavy atom. The zero-order valence-electron chi connectivity index (χ0n) is 9.44. The van der Waals surface area contributed by atoms with Crippen LogP contribution in [0.2, 0.25) is 0 Å². The number of hydrogen-bond acceptors (Lipinski definition) is 5. The van der Waals surface area contributed by atoms with Crippen LogP contribution < -0.4 is 0 Å². The second kappa shape index (κ2) is 7.78. The first-order chi connectivity index (χ1) is 8.17. The molecule has 9 heteroatoms. The molecular formula is C9H13F3O4S2. The summed E-state index contributed by atoms with van der Waals surface area (Å²) in [5.74, 6) is -4.32. The van der Waals surface area contributed by atoms with Gasteiger partial charge < -0.3 is 9.84 Å². The van der Waals surface area contributed by atoms with Crippen LogP contribution in [-0.4, -0.2) is 46.6 Å². The summed E-state index contributed by atoms with van der Waals surface area (Å²) in [6.07, 6.45) is -5.96. The molecule has 0 aromatic heterocycles. The van der Waals surface area contributed by atoms with Crippen LogP contribution in [0.5, 0.6) is 0 Å². The number of carboxylic acids is 1. The maximum absolute atomic E-state index is 11.9. The van der Waals surface area contributed by atoms with Gasteiger partial charge in [0.2, 0.25) is 6.10 Å². The van der Waals surface area contributed by atoms with Crippen LogP contribution >= 0.6 is 24.4 Å². The molecule has 0 bridgehead atoms. The monoisotopic (exact) mass is 306 g/mol. The maximum Gasteiger partial charge on any atom is 0.397 e. The van der Waals surface area contributed by atoms with Gasteiger partial charge in [-0.1, -0.05) is 6.92 Å². The van der Waals surface area contributed by atoms with E-state index in [9.17, 15) is 22.8 Å². The van der Waals surface area contributed by atoms with Crippen molar-refractivity contribution in [2.45, 2.75) is 19.2 Å². The Bertz CT molecular complexity index is 296. The summed E-state index contributed by atoms with van der Waals surface area (Å²) in [5, 5.41) is 8.72. The molecule has 0 saturated carbocycles. The number of thiol groups is 1. The number of carboxylic acid groups (broad SMARTS) is 1. The highest BCUT2D eigenvalue weighted by atomic mass is 32.2. The lowest BCUT2D eigenvalue weighted by Crippen LogP contribution is -2.32. The molecule has 0 aliphatic heterocycles. The Hall–Kier alpha value is -0.570. The van der Waals surface area contributed by atoms with Gasteiger partial charge >= 0.3 is 18.1 Å². The largest absolute Gasteiger partial charge is 0.478 e. The Morgan fingerprint density at radius 3 is 2.39 bits per heavy atom. The van der Waals surface area contributed by atoms with Crippen molar-refractivity contribution in [3.05, 3.63) is 0 Å². The van der Waals surface area contributed by atoms with Gasteiger partial charge in [0.1, 0.15) is 0 Å². The molecule has 0 aliphatic carbocycles. The number of carbonyl (C=O) groups excluding carboxylic acids is 1. The first kappa shape index (κ1) is 17.4. The maximum atomic E-state index is 11.9. The van der Waals surface area contributed by atoms with E-state index in [4.69, 9.17) is 5.11 Å². The topological polar surface area (TPSA) is 63.6 Å². The highest BCUT2D eigenvalue weighted by molar-refractivity contribution is 7.99. The summed E-state index contributed by atoms with van der Waals surface area (Å²) in [4.78, 5) is 22.0. The molecule has 0 rings (SSSR count). The van der Waals surface area contributed by atoms with E-state index in [1.54, 1.807) is 0 Å². The van der Waals surface area contributed by atoms with Gasteiger partial charge in [-0.05, 0) is 0 Å². The van der Waals surface area contributed by atoms with Crippen LogP contribution in [0.1, 0.15) is 6.92 Å². The molecule has 0 heterocycles. The molecule has 0 radical (unpaired) electrons. The van der Waals surface area contributed by atoms with Gasteiger partial charge in [0.15, 0.2) is 0 Å². The number of halogens is 3. The van der Waals surface area contributed by atoms with E-state index in [1.807, 2.05) is 0 Å². The van der Waals surface area contributed by atoms with Crippen molar-refractivity contribution in [2.24, 2.45) is 5.92 Å². The Labute approximate surface area is 112 Å². The van der Waals surface area contributed by atoms with Gasteiger partial charge in [0.05, 0.1) is 11.7 Å². The van der Waals surface area contributed by atoms with Crippen molar-refractivity contribution in [3.8, 4) is 0 Å². The first-order valence-corrected chi connectivity index (χ1v) is 6.64. The second-order valence-corrected chi connectivity index (χ2v) is 4.87. The highest BCUT2D eigenvalue weighted by Gasteiger charge is 2.30. The molecule has 4 nitrogen and oxygen atoms in total. The van der Waals surface area contributed by atoms with Crippen molar-refractivity contribution < 1.29 is 32.6 Å². The first-order valence-electron chi connectivity index (χ1n) is 4.86. The summed E-state index contributed by atoms with van der Waals surface area (Å²) in [5.41, 5.74) is 0. The second-order valence-electron chi connectivity index (χ2n) is 3.48. The fourth-order valence-corrected chi connectivity index (χ4v) is 1.69. The van der Waals surface area contributed by atoms with Crippen molar-refractivity contribution in [2.75, 3.05) is 17.3 Å². The lowest BCUT2D eigenvalue weighted by atomic mass is 10.2. The number of aliphatic carboxylic acids is 1. The minimum Gasteiger partial charge on any atom is -0.478 e. The molecule has 0 spiro atoms. The number of rotatable bonds is 7. The molecule has 0 aromatic carbocycles. The van der Waals surface area contributed by atoms with E-state index in [0.717, 1.165) is 0 Å². The summed E-state index contributed by atoms with van der Waals surface area (Å²) in [6.45, 7) is 1.48. The average Bonchev–Trinajstić information content (AvgIpc) is 2.24. The minimum atomic E-state index is -4.38. The third-order valence-electron chi connectivity index (χ3n) is 1.75. The number of hydrogen-bond donors (Lipinski definition) is 2. The van der Waals surface area contributed by atoms with Crippen molar-refractivity contribution >= 4 is 36.3 Å². The molecule has 0 saturated heterocycles. The minimum absolute atomic E-state index is 0.168. The predicted molar refractivity (Wildman–Crippen MR) is 63.9 cm³/mol. The van der Waals surface area contributed by atoms with Gasteiger partial charge in [-0.2, -0.15) is 25.8 Å². The van der Waals surface area contributed by atoms with Crippen molar-refractivity contribution in [1.29, 1.82) is 0 Å². The summed E-state index contributed by atoms with van der Waals surface area (Å²) in [7, 11) is 0. The Balaban J connectivity index is 4.24. The van der Waals surface area contributed by atoms with Crippen LogP contribution in [-0.2, 0) is 14.3 Å². The average molecular weight is 306 g/mol. The van der Waals surface area contributed by atoms with Gasteiger partial charge in [0, 0.05) is 11.5 Å². The molecule has 2 atom stereocenters. The molecule has 0 fully saturated rings. The van der Waals surface area contributed by atoms with Crippen molar-refractivity contribution in [3.63, 3.8) is 0 Å². The zero-order valence-corrected chi connectivity index (χ0v) is 11.1. The van der Waals surface area contributed by atoms with Crippen LogP contribution in [0, 0.1) is 5.92 Å². The molecule has 1 unspecified atom stereocenters. The highest BCUT2D eigenvalue weighted by Crippen LogP contribution is 2.22. The molecule has 0 aliphatic rings. The summed E-state index contributed by atoms with van der Waals surface area (Å²) >= 11 is 4.19. The van der Waals surface area contributed by atoms with Gasteiger partial charge in [-0.15, -0.1) is 11.8 Å². The number of alkyl halides is 3.